The zero-order valence-corrected chi connectivity index (χ0v) is 12.7. The quantitative estimate of drug-likeness (QED) is 0.714. The first kappa shape index (κ1) is 16.4. The molecule has 0 aliphatic heterocycles. The summed E-state index contributed by atoms with van der Waals surface area (Å²) in [6.07, 6.45) is 0.624. The molecule has 1 rings (SSSR count). The van der Waals surface area contributed by atoms with Crippen molar-refractivity contribution in [3.8, 4) is 5.75 Å². The Morgan fingerprint density at radius 2 is 2.05 bits per heavy atom. The maximum atomic E-state index is 11.9. The number of anilines is 1. The van der Waals surface area contributed by atoms with Gasteiger partial charge in [0.15, 0.2) is 0 Å². The minimum absolute atomic E-state index is 0.0556. The molecular weight excluding hydrogens is 274 g/mol. The number of nitrogens with one attached hydrogen (secondary N) is 1. The highest BCUT2D eigenvalue weighted by Crippen LogP contribution is 2.14. The van der Waals surface area contributed by atoms with Crippen LogP contribution in [-0.2, 0) is 4.79 Å². The van der Waals surface area contributed by atoms with Gasteiger partial charge in [-0.2, -0.15) is 0 Å². The van der Waals surface area contributed by atoms with Gasteiger partial charge in [0.2, 0.25) is 5.91 Å². The van der Waals surface area contributed by atoms with Crippen LogP contribution in [-0.4, -0.2) is 42.5 Å². The van der Waals surface area contributed by atoms with E-state index >= 15 is 0 Å². The fourth-order valence-electron chi connectivity index (χ4n) is 1.70. The van der Waals surface area contributed by atoms with E-state index in [1.54, 1.807) is 19.2 Å². The summed E-state index contributed by atoms with van der Waals surface area (Å²) in [5, 5.41) is 2.85. The van der Waals surface area contributed by atoms with Crippen molar-refractivity contribution in [2.24, 2.45) is 5.73 Å². The van der Waals surface area contributed by atoms with E-state index in [2.05, 4.69) is 5.32 Å². The molecule has 5 nitrogen and oxygen atoms in total. The highest BCUT2D eigenvalue weighted by molar-refractivity contribution is 7.80. The van der Waals surface area contributed by atoms with Crippen LogP contribution in [0, 0.1) is 0 Å². The van der Waals surface area contributed by atoms with Gasteiger partial charge in [0.05, 0.1) is 18.6 Å². The predicted octanol–water partition coefficient (Wildman–Crippen LogP) is 1.63. The average molecular weight is 295 g/mol. The zero-order valence-electron chi connectivity index (χ0n) is 11.9. The van der Waals surface area contributed by atoms with Gasteiger partial charge in [-0.25, -0.2) is 0 Å². The fourth-order valence-corrected chi connectivity index (χ4v) is 1.79. The lowest BCUT2D eigenvalue weighted by Crippen LogP contribution is -2.35. The SMILES string of the molecule is CCN(CCC(N)=S)CC(=O)Nc1ccc(OC)cc1. The van der Waals surface area contributed by atoms with Crippen molar-refractivity contribution in [2.45, 2.75) is 13.3 Å². The molecule has 1 aromatic carbocycles. The Morgan fingerprint density at radius 1 is 1.40 bits per heavy atom. The van der Waals surface area contributed by atoms with E-state index in [0.29, 0.717) is 24.5 Å². The molecule has 1 amide bonds. The minimum Gasteiger partial charge on any atom is -0.497 e. The smallest absolute Gasteiger partial charge is 0.238 e. The summed E-state index contributed by atoms with van der Waals surface area (Å²) in [7, 11) is 1.61. The molecule has 3 N–H and O–H groups in total. The molecule has 0 heterocycles. The zero-order chi connectivity index (χ0) is 15.0. The van der Waals surface area contributed by atoms with Gasteiger partial charge < -0.3 is 15.8 Å². The van der Waals surface area contributed by atoms with Crippen molar-refractivity contribution in [1.29, 1.82) is 0 Å². The molecule has 1 aromatic rings. The summed E-state index contributed by atoms with van der Waals surface area (Å²) in [5.41, 5.74) is 6.22. The highest BCUT2D eigenvalue weighted by Gasteiger charge is 2.09. The lowest BCUT2D eigenvalue weighted by molar-refractivity contribution is -0.117. The Hall–Kier alpha value is -1.66. The first-order valence-electron chi connectivity index (χ1n) is 6.49. The number of hydrogen-bond acceptors (Lipinski definition) is 4. The largest absolute Gasteiger partial charge is 0.497 e. The van der Waals surface area contributed by atoms with Crippen LogP contribution >= 0.6 is 12.2 Å². The van der Waals surface area contributed by atoms with Gasteiger partial charge in [0.25, 0.3) is 0 Å². The molecule has 0 spiro atoms. The average Bonchev–Trinajstić information content (AvgIpc) is 2.44. The summed E-state index contributed by atoms with van der Waals surface area (Å²) >= 11 is 4.84. The van der Waals surface area contributed by atoms with Crippen molar-refractivity contribution in [3.63, 3.8) is 0 Å². The van der Waals surface area contributed by atoms with E-state index < -0.39 is 0 Å². The molecule has 0 aliphatic rings. The van der Waals surface area contributed by atoms with E-state index in [-0.39, 0.29) is 5.91 Å². The normalized spacial score (nSPS) is 10.3. The van der Waals surface area contributed by atoms with Crippen LogP contribution in [0.1, 0.15) is 13.3 Å². The van der Waals surface area contributed by atoms with Gasteiger partial charge in [0, 0.05) is 18.7 Å². The molecule has 110 valence electrons. The lowest BCUT2D eigenvalue weighted by atomic mass is 10.3. The Labute approximate surface area is 125 Å². The predicted molar refractivity (Wildman–Crippen MR) is 85.1 cm³/mol. The second kappa shape index (κ2) is 8.50. The summed E-state index contributed by atoms with van der Waals surface area (Å²) in [6, 6.07) is 7.23. The van der Waals surface area contributed by atoms with E-state index in [1.807, 2.05) is 24.0 Å². The summed E-state index contributed by atoms with van der Waals surface area (Å²) in [5.74, 6) is 0.703. The third kappa shape index (κ3) is 5.99. The summed E-state index contributed by atoms with van der Waals surface area (Å²) in [6.45, 7) is 3.80. The number of thiocarbonyl (C=S) groups is 1. The van der Waals surface area contributed by atoms with Gasteiger partial charge in [0.1, 0.15) is 5.75 Å². The Morgan fingerprint density at radius 3 is 2.55 bits per heavy atom. The van der Waals surface area contributed by atoms with Crippen molar-refractivity contribution in [2.75, 3.05) is 32.1 Å². The van der Waals surface area contributed by atoms with Gasteiger partial charge in [-0.3, -0.25) is 9.69 Å². The van der Waals surface area contributed by atoms with Crippen LogP contribution in [0.2, 0.25) is 0 Å². The standard InChI is InChI=1S/C14H21N3O2S/c1-3-17(9-8-13(15)20)10-14(18)16-11-4-6-12(19-2)7-5-11/h4-7H,3,8-10H2,1-2H3,(H2,15,20)(H,16,18). The number of ether oxygens (including phenoxy) is 1. The molecular formula is C14H21N3O2S. The number of nitrogens with zero attached hydrogens (tertiary/aromatic N) is 1. The number of hydrogen-bond donors (Lipinski definition) is 2. The lowest BCUT2D eigenvalue weighted by Gasteiger charge is -2.19. The van der Waals surface area contributed by atoms with Crippen LogP contribution in [0.4, 0.5) is 5.69 Å². The van der Waals surface area contributed by atoms with Crippen molar-refractivity contribution >= 4 is 28.8 Å². The van der Waals surface area contributed by atoms with Crippen molar-refractivity contribution < 1.29 is 9.53 Å². The number of amides is 1. The molecule has 0 atom stereocenters. The number of rotatable bonds is 8. The fraction of sp³-hybridized carbons (Fsp3) is 0.429. The Balaban J connectivity index is 2.46. The minimum atomic E-state index is -0.0556. The van der Waals surface area contributed by atoms with E-state index in [9.17, 15) is 4.79 Å². The number of carbonyl (C=O) groups is 1. The van der Waals surface area contributed by atoms with E-state index in [1.165, 1.54) is 0 Å². The molecule has 0 bridgehead atoms. The van der Waals surface area contributed by atoms with Crippen LogP contribution < -0.4 is 15.8 Å². The molecule has 0 saturated heterocycles. The van der Waals surface area contributed by atoms with Crippen molar-refractivity contribution in [3.05, 3.63) is 24.3 Å². The number of nitrogens with two attached hydrogens (primary N) is 1. The number of carbonyl (C=O) groups excluding carboxylic acids is 1. The third-order valence-electron chi connectivity index (χ3n) is 2.86. The molecule has 0 unspecified atom stereocenters. The topological polar surface area (TPSA) is 67.6 Å². The first-order chi connectivity index (χ1) is 9.55. The maximum Gasteiger partial charge on any atom is 0.238 e. The van der Waals surface area contributed by atoms with E-state index in [0.717, 1.165) is 18.0 Å². The maximum absolute atomic E-state index is 11.9. The number of benzene rings is 1. The van der Waals surface area contributed by atoms with Crippen LogP contribution in [0.3, 0.4) is 0 Å². The van der Waals surface area contributed by atoms with Crippen LogP contribution in [0.25, 0.3) is 0 Å². The van der Waals surface area contributed by atoms with Gasteiger partial charge in [-0.1, -0.05) is 19.1 Å². The molecule has 20 heavy (non-hydrogen) atoms. The number of likely N-dealkylation sites (N-methyl/N-ethyl adjacent to an activating group) is 1. The van der Waals surface area contributed by atoms with Crippen LogP contribution in [0.15, 0.2) is 24.3 Å². The Kier molecular flexibility index (Phi) is 6.97. The molecule has 0 radical (unpaired) electrons. The van der Waals surface area contributed by atoms with Crippen molar-refractivity contribution in [1.82, 2.24) is 4.90 Å². The molecule has 0 aromatic heterocycles. The Bertz CT molecular complexity index is 448. The van der Waals surface area contributed by atoms with Crippen LogP contribution in [0.5, 0.6) is 5.75 Å². The highest BCUT2D eigenvalue weighted by atomic mass is 32.1. The van der Waals surface area contributed by atoms with E-state index in [4.69, 9.17) is 22.7 Å². The monoisotopic (exact) mass is 295 g/mol. The number of methoxy groups -OCH3 is 1. The third-order valence-corrected chi connectivity index (χ3v) is 3.07. The molecule has 0 aliphatic carbocycles. The van der Waals surface area contributed by atoms with Gasteiger partial charge >= 0.3 is 0 Å². The van der Waals surface area contributed by atoms with Gasteiger partial charge in [-0.05, 0) is 30.8 Å². The second-order valence-corrected chi connectivity index (χ2v) is 4.89. The van der Waals surface area contributed by atoms with Gasteiger partial charge in [-0.15, -0.1) is 0 Å². The second-order valence-electron chi connectivity index (χ2n) is 4.36. The summed E-state index contributed by atoms with van der Waals surface area (Å²) < 4.78 is 5.07. The summed E-state index contributed by atoms with van der Waals surface area (Å²) in [4.78, 5) is 14.4. The molecule has 0 saturated carbocycles. The molecule has 0 fully saturated rings. The first-order valence-corrected chi connectivity index (χ1v) is 6.90. The molecule has 6 heteroatoms.